The van der Waals surface area contributed by atoms with Crippen molar-refractivity contribution < 1.29 is 27.4 Å². The third-order valence-corrected chi connectivity index (χ3v) is 4.95. The molecule has 1 amide bonds. The van der Waals surface area contributed by atoms with E-state index in [2.05, 4.69) is 9.72 Å². The maximum atomic E-state index is 12.6. The molecule has 1 aromatic heterocycles. The van der Waals surface area contributed by atoms with E-state index in [0.717, 1.165) is 28.8 Å². The Hall–Kier alpha value is -3.29. The molecule has 0 spiro atoms. The highest BCUT2D eigenvalue weighted by molar-refractivity contribution is 5.94. The number of para-hydroxylation sites is 1. The SMILES string of the molecule is O=C(c1ccc(OC(F)(F)F)cc1)N1CCC(Oc2cccc3cccnc23)CC1. The van der Waals surface area contributed by atoms with Crippen LogP contribution in [-0.4, -0.2) is 41.3 Å². The number of aromatic nitrogens is 1. The van der Waals surface area contributed by atoms with Crippen LogP contribution in [0.4, 0.5) is 13.2 Å². The van der Waals surface area contributed by atoms with E-state index < -0.39 is 6.36 Å². The van der Waals surface area contributed by atoms with Crippen molar-refractivity contribution in [1.82, 2.24) is 9.88 Å². The molecule has 0 radical (unpaired) electrons. The number of hydrogen-bond donors (Lipinski definition) is 0. The Morgan fingerprint density at radius 3 is 2.40 bits per heavy atom. The van der Waals surface area contributed by atoms with E-state index >= 15 is 0 Å². The molecular weight excluding hydrogens is 397 g/mol. The molecule has 0 atom stereocenters. The van der Waals surface area contributed by atoms with Gasteiger partial charge in [0.1, 0.15) is 23.1 Å². The predicted molar refractivity (Wildman–Crippen MR) is 104 cm³/mol. The van der Waals surface area contributed by atoms with Gasteiger partial charge in [-0.3, -0.25) is 9.78 Å². The molecule has 2 aromatic carbocycles. The molecule has 30 heavy (non-hydrogen) atoms. The van der Waals surface area contributed by atoms with Crippen molar-refractivity contribution >= 4 is 16.8 Å². The molecule has 1 aliphatic heterocycles. The van der Waals surface area contributed by atoms with Crippen LogP contribution in [-0.2, 0) is 0 Å². The normalized spacial score (nSPS) is 15.2. The van der Waals surface area contributed by atoms with Crippen LogP contribution in [0.3, 0.4) is 0 Å². The number of carbonyl (C=O) groups is 1. The summed E-state index contributed by atoms with van der Waals surface area (Å²) in [7, 11) is 0. The zero-order valence-corrected chi connectivity index (χ0v) is 15.9. The average Bonchev–Trinajstić information content (AvgIpc) is 2.73. The summed E-state index contributed by atoms with van der Waals surface area (Å²) in [4.78, 5) is 18.7. The van der Waals surface area contributed by atoms with E-state index in [9.17, 15) is 18.0 Å². The molecule has 0 N–H and O–H groups in total. The molecule has 5 nitrogen and oxygen atoms in total. The number of piperidine rings is 1. The lowest BCUT2D eigenvalue weighted by Gasteiger charge is -2.32. The highest BCUT2D eigenvalue weighted by Gasteiger charge is 2.31. The highest BCUT2D eigenvalue weighted by Crippen LogP contribution is 2.27. The number of hydrogen-bond acceptors (Lipinski definition) is 4. The number of carbonyl (C=O) groups excluding carboxylic acids is 1. The van der Waals surface area contributed by atoms with Gasteiger partial charge < -0.3 is 14.4 Å². The predicted octanol–water partition coefficient (Wildman–Crippen LogP) is 4.82. The summed E-state index contributed by atoms with van der Waals surface area (Å²) in [5, 5.41) is 1.00. The maximum Gasteiger partial charge on any atom is 0.573 e. The van der Waals surface area contributed by atoms with E-state index in [1.807, 2.05) is 30.3 Å². The number of benzene rings is 2. The third kappa shape index (κ3) is 4.64. The van der Waals surface area contributed by atoms with Crippen LogP contribution in [0.5, 0.6) is 11.5 Å². The van der Waals surface area contributed by atoms with Crippen molar-refractivity contribution in [3.8, 4) is 11.5 Å². The molecule has 4 rings (SSSR count). The first-order valence-electron chi connectivity index (χ1n) is 9.54. The Kier molecular flexibility index (Phi) is 5.48. The number of rotatable bonds is 4. The van der Waals surface area contributed by atoms with E-state index in [-0.39, 0.29) is 17.8 Å². The highest BCUT2D eigenvalue weighted by atomic mass is 19.4. The van der Waals surface area contributed by atoms with E-state index in [1.165, 1.54) is 12.1 Å². The number of fused-ring (bicyclic) bond motifs is 1. The molecule has 0 saturated carbocycles. The third-order valence-electron chi connectivity index (χ3n) is 4.95. The van der Waals surface area contributed by atoms with Crippen LogP contribution in [0, 0.1) is 0 Å². The van der Waals surface area contributed by atoms with Crippen LogP contribution >= 0.6 is 0 Å². The van der Waals surface area contributed by atoms with Crippen LogP contribution in [0.1, 0.15) is 23.2 Å². The van der Waals surface area contributed by atoms with Gasteiger partial charge in [0, 0.05) is 43.1 Å². The number of ether oxygens (including phenoxy) is 2. The fourth-order valence-corrected chi connectivity index (χ4v) is 3.51. The molecule has 156 valence electrons. The van der Waals surface area contributed by atoms with Gasteiger partial charge >= 0.3 is 6.36 Å². The summed E-state index contributed by atoms with van der Waals surface area (Å²) in [5.74, 6) is 0.145. The summed E-state index contributed by atoms with van der Waals surface area (Å²) in [6.45, 7) is 1.00. The van der Waals surface area contributed by atoms with E-state index in [0.29, 0.717) is 31.5 Å². The quantitative estimate of drug-likeness (QED) is 0.612. The number of nitrogens with zero attached hydrogens (tertiary/aromatic N) is 2. The standard InChI is InChI=1S/C22H19F3N2O3/c23-22(24,25)30-18-8-6-16(7-9-18)21(28)27-13-10-17(11-14-27)29-19-5-1-3-15-4-2-12-26-20(15)19/h1-9,12,17H,10-11,13-14H2. The topological polar surface area (TPSA) is 51.7 Å². The molecule has 0 unspecified atom stereocenters. The van der Waals surface area contributed by atoms with Crippen molar-refractivity contribution in [3.63, 3.8) is 0 Å². The Morgan fingerprint density at radius 1 is 1.00 bits per heavy atom. The zero-order valence-electron chi connectivity index (χ0n) is 15.9. The van der Waals surface area contributed by atoms with Gasteiger partial charge in [0.25, 0.3) is 5.91 Å². The van der Waals surface area contributed by atoms with Gasteiger partial charge in [-0.1, -0.05) is 18.2 Å². The molecular formula is C22H19F3N2O3. The van der Waals surface area contributed by atoms with Crippen molar-refractivity contribution in [3.05, 3.63) is 66.4 Å². The van der Waals surface area contributed by atoms with Crippen LogP contribution in [0.2, 0.25) is 0 Å². The van der Waals surface area contributed by atoms with Gasteiger partial charge in [-0.05, 0) is 36.4 Å². The van der Waals surface area contributed by atoms with Crippen LogP contribution in [0.25, 0.3) is 10.9 Å². The Bertz CT molecular complexity index is 1020. The number of amides is 1. The van der Waals surface area contributed by atoms with E-state index in [4.69, 9.17) is 4.74 Å². The molecule has 2 heterocycles. The number of pyridine rings is 1. The molecule has 8 heteroatoms. The summed E-state index contributed by atoms with van der Waals surface area (Å²) < 4.78 is 46.7. The smallest absolute Gasteiger partial charge is 0.488 e. The Labute approximate surface area is 171 Å². The Morgan fingerprint density at radius 2 is 1.70 bits per heavy atom. The minimum Gasteiger partial charge on any atom is -0.488 e. The lowest BCUT2D eigenvalue weighted by Crippen LogP contribution is -2.41. The van der Waals surface area contributed by atoms with Gasteiger partial charge in [-0.15, -0.1) is 13.2 Å². The second-order valence-corrected chi connectivity index (χ2v) is 7.01. The molecule has 0 aliphatic carbocycles. The molecule has 1 fully saturated rings. The first-order valence-corrected chi connectivity index (χ1v) is 9.54. The maximum absolute atomic E-state index is 12.6. The first-order chi connectivity index (χ1) is 14.4. The van der Waals surface area contributed by atoms with Crippen molar-refractivity contribution in [1.29, 1.82) is 0 Å². The molecule has 0 bridgehead atoms. The molecule has 1 aliphatic rings. The monoisotopic (exact) mass is 416 g/mol. The largest absolute Gasteiger partial charge is 0.573 e. The molecule has 3 aromatic rings. The number of likely N-dealkylation sites (tertiary alicyclic amines) is 1. The number of alkyl halides is 3. The minimum atomic E-state index is -4.76. The van der Waals surface area contributed by atoms with Gasteiger partial charge in [-0.2, -0.15) is 0 Å². The van der Waals surface area contributed by atoms with Crippen molar-refractivity contribution in [2.24, 2.45) is 0 Å². The van der Waals surface area contributed by atoms with Crippen molar-refractivity contribution in [2.45, 2.75) is 25.3 Å². The number of halogens is 3. The van der Waals surface area contributed by atoms with E-state index in [1.54, 1.807) is 11.1 Å². The first kappa shape index (κ1) is 20.0. The fourth-order valence-electron chi connectivity index (χ4n) is 3.51. The minimum absolute atomic E-state index is 0.0378. The molecule has 1 saturated heterocycles. The second kappa shape index (κ2) is 8.22. The van der Waals surface area contributed by atoms with Crippen LogP contribution < -0.4 is 9.47 Å². The summed E-state index contributed by atoms with van der Waals surface area (Å²) in [6, 6.07) is 14.6. The van der Waals surface area contributed by atoms with Crippen LogP contribution in [0.15, 0.2) is 60.8 Å². The summed E-state index contributed by atoms with van der Waals surface area (Å²) in [5.41, 5.74) is 1.13. The summed E-state index contributed by atoms with van der Waals surface area (Å²) >= 11 is 0. The fraction of sp³-hybridized carbons (Fsp3) is 0.273. The second-order valence-electron chi connectivity index (χ2n) is 7.01. The van der Waals surface area contributed by atoms with Gasteiger partial charge in [0.2, 0.25) is 0 Å². The van der Waals surface area contributed by atoms with Crippen molar-refractivity contribution in [2.75, 3.05) is 13.1 Å². The Balaban J connectivity index is 1.35. The zero-order chi connectivity index (χ0) is 21.1. The lowest BCUT2D eigenvalue weighted by atomic mass is 10.1. The summed E-state index contributed by atoms with van der Waals surface area (Å²) in [6.07, 6.45) is -1.76. The lowest BCUT2D eigenvalue weighted by molar-refractivity contribution is -0.274. The van der Waals surface area contributed by atoms with Gasteiger partial charge in [0.15, 0.2) is 0 Å². The average molecular weight is 416 g/mol. The van der Waals surface area contributed by atoms with Gasteiger partial charge in [-0.25, -0.2) is 0 Å². The van der Waals surface area contributed by atoms with Gasteiger partial charge in [0.05, 0.1) is 0 Å².